The third kappa shape index (κ3) is 7.01. The molecule has 2 N–H and O–H groups in total. The Morgan fingerprint density at radius 2 is 1.57 bits per heavy atom. The van der Waals surface area contributed by atoms with Gasteiger partial charge in [-0.15, -0.1) is 10.2 Å². The topological polar surface area (TPSA) is 106 Å². The summed E-state index contributed by atoms with van der Waals surface area (Å²) in [6.07, 6.45) is 1.02. The van der Waals surface area contributed by atoms with E-state index >= 15 is 0 Å². The van der Waals surface area contributed by atoms with Gasteiger partial charge in [0.1, 0.15) is 5.75 Å². The summed E-state index contributed by atoms with van der Waals surface area (Å²) in [5, 5.41) is 8.00. The minimum atomic E-state index is -0.465. The van der Waals surface area contributed by atoms with Crippen molar-refractivity contribution in [1.29, 1.82) is 0 Å². The molecule has 8 nitrogen and oxygen atoms in total. The van der Waals surface area contributed by atoms with Crippen molar-refractivity contribution in [3.05, 3.63) is 101 Å². The second-order valence-corrected chi connectivity index (χ2v) is 8.02. The third-order valence-electron chi connectivity index (χ3n) is 5.24. The molecule has 0 fully saturated rings. The molecule has 0 spiro atoms. The molecule has 4 rings (SSSR count). The number of nitrogens with one attached hydrogen (secondary N) is 2. The zero-order valence-corrected chi connectivity index (χ0v) is 19.4. The molecular formula is C27H26N4O4. The average molecular weight is 471 g/mol. The van der Waals surface area contributed by atoms with E-state index in [1.54, 1.807) is 0 Å². The van der Waals surface area contributed by atoms with Gasteiger partial charge in [0.05, 0.1) is 0 Å². The minimum absolute atomic E-state index is 0.0799. The van der Waals surface area contributed by atoms with Crippen LogP contribution in [0.5, 0.6) is 5.75 Å². The smallest absolute Gasteiger partial charge is 0.276 e. The Kier molecular flexibility index (Phi) is 7.85. The van der Waals surface area contributed by atoms with Gasteiger partial charge >= 0.3 is 0 Å². The summed E-state index contributed by atoms with van der Waals surface area (Å²) in [4.78, 5) is 24.3. The van der Waals surface area contributed by atoms with E-state index in [1.165, 1.54) is 0 Å². The second-order valence-electron chi connectivity index (χ2n) is 8.02. The van der Waals surface area contributed by atoms with E-state index in [2.05, 4.69) is 21.0 Å². The van der Waals surface area contributed by atoms with Gasteiger partial charge in [0.15, 0.2) is 6.61 Å². The Hall–Kier alpha value is -4.46. The summed E-state index contributed by atoms with van der Waals surface area (Å²) in [6, 6.07) is 25.3. The number of carbonyl (C=O) groups excluding carboxylic acids is 2. The summed E-state index contributed by atoms with van der Waals surface area (Å²) in [6.45, 7) is 1.77. The van der Waals surface area contributed by atoms with Crippen LogP contribution in [0.25, 0.3) is 11.5 Å². The number of amides is 2. The van der Waals surface area contributed by atoms with E-state index in [0.29, 0.717) is 24.0 Å². The summed E-state index contributed by atoms with van der Waals surface area (Å²) in [5.41, 5.74) is 8.81. The van der Waals surface area contributed by atoms with E-state index in [4.69, 9.17) is 9.15 Å². The number of aromatic nitrogens is 2. The lowest BCUT2D eigenvalue weighted by molar-refractivity contribution is -0.130. The summed E-state index contributed by atoms with van der Waals surface area (Å²) < 4.78 is 11.3. The Morgan fingerprint density at radius 1 is 0.857 bits per heavy atom. The van der Waals surface area contributed by atoms with Crippen LogP contribution in [0.1, 0.15) is 29.0 Å². The summed E-state index contributed by atoms with van der Waals surface area (Å²) >= 11 is 0. The van der Waals surface area contributed by atoms with E-state index in [0.717, 1.165) is 22.3 Å². The molecule has 0 saturated heterocycles. The van der Waals surface area contributed by atoms with Gasteiger partial charge in [0.2, 0.25) is 17.7 Å². The lowest BCUT2D eigenvalue weighted by atomic mass is 10.0. The maximum atomic E-state index is 12.2. The standard InChI is InChI=1S/C27H26N4O4/c1-19-11-13-21(14-12-19)27-31-30-26(35-27)16-15-24(32)28-29-25(33)18-34-23-10-6-5-9-22(23)17-20-7-3-2-4-8-20/h2-14H,15-18H2,1H3,(H,28,32)(H,29,33). The van der Waals surface area contributed by atoms with Gasteiger partial charge in [0.25, 0.3) is 5.91 Å². The van der Waals surface area contributed by atoms with Crippen molar-refractivity contribution < 1.29 is 18.7 Å². The van der Waals surface area contributed by atoms with Crippen LogP contribution in [0.4, 0.5) is 0 Å². The largest absolute Gasteiger partial charge is 0.483 e. The Morgan fingerprint density at radius 3 is 2.37 bits per heavy atom. The molecule has 35 heavy (non-hydrogen) atoms. The van der Waals surface area contributed by atoms with Gasteiger partial charge < -0.3 is 9.15 Å². The highest BCUT2D eigenvalue weighted by Gasteiger charge is 2.12. The van der Waals surface area contributed by atoms with Crippen molar-refractivity contribution in [2.75, 3.05) is 6.61 Å². The quantitative estimate of drug-likeness (QED) is 0.361. The molecule has 1 heterocycles. The van der Waals surface area contributed by atoms with Crippen molar-refractivity contribution in [2.24, 2.45) is 0 Å². The van der Waals surface area contributed by atoms with Crippen LogP contribution in [0.2, 0.25) is 0 Å². The first-order chi connectivity index (χ1) is 17.1. The molecule has 8 heteroatoms. The molecule has 0 radical (unpaired) electrons. The maximum Gasteiger partial charge on any atom is 0.276 e. The minimum Gasteiger partial charge on any atom is -0.483 e. The van der Waals surface area contributed by atoms with Crippen molar-refractivity contribution in [1.82, 2.24) is 21.0 Å². The number of carbonyl (C=O) groups is 2. The molecule has 0 aliphatic rings. The first-order valence-corrected chi connectivity index (χ1v) is 11.3. The molecule has 4 aromatic rings. The average Bonchev–Trinajstić information content (AvgIpc) is 3.36. The fraction of sp³-hybridized carbons (Fsp3) is 0.185. The molecule has 0 atom stereocenters. The SMILES string of the molecule is Cc1ccc(-c2nnc(CCC(=O)NNC(=O)COc3ccccc3Cc3ccccc3)o2)cc1. The van der Waals surface area contributed by atoms with Crippen molar-refractivity contribution in [2.45, 2.75) is 26.2 Å². The molecule has 0 saturated carbocycles. The van der Waals surface area contributed by atoms with E-state index in [9.17, 15) is 9.59 Å². The number of nitrogens with zero attached hydrogens (tertiary/aromatic N) is 2. The van der Waals surface area contributed by atoms with E-state index < -0.39 is 5.91 Å². The number of para-hydroxylation sites is 1. The Bertz CT molecular complexity index is 1270. The van der Waals surface area contributed by atoms with Crippen LogP contribution < -0.4 is 15.6 Å². The summed E-state index contributed by atoms with van der Waals surface area (Å²) in [7, 11) is 0. The molecule has 3 aromatic carbocycles. The highest BCUT2D eigenvalue weighted by Crippen LogP contribution is 2.21. The molecular weight excluding hydrogens is 444 g/mol. The number of hydrazine groups is 1. The number of rotatable bonds is 9. The zero-order chi connectivity index (χ0) is 24.5. The van der Waals surface area contributed by atoms with Crippen LogP contribution in [0, 0.1) is 6.92 Å². The molecule has 178 valence electrons. The predicted molar refractivity (Wildman–Crippen MR) is 130 cm³/mol. The van der Waals surface area contributed by atoms with Gasteiger partial charge in [0, 0.05) is 24.8 Å². The molecule has 2 amide bonds. The van der Waals surface area contributed by atoms with Gasteiger partial charge in [-0.1, -0.05) is 66.2 Å². The number of hydrogen-bond acceptors (Lipinski definition) is 6. The molecule has 1 aromatic heterocycles. The van der Waals surface area contributed by atoms with Gasteiger partial charge in [-0.2, -0.15) is 0 Å². The number of aryl methyl sites for hydroxylation is 2. The highest BCUT2D eigenvalue weighted by atomic mass is 16.5. The van der Waals surface area contributed by atoms with Crippen LogP contribution in [-0.4, -0.2) is 28.6 Å². The lowest BCUT2D eigenvalue weighted by Crippen LogP contribution is -2.43. The fourth-order valence-electron chi connectivity index (χ4n) is 3.38. The third-order valence-corrected chi connectivity index (χ3v) is 5.24. The maximum absolute atomic E-state index is 12.2. The highest BCUT2D eigenvalue weighted by molar-refractivity contribution is 5.82. The van der Waals surface area contributed by atoms with Gasteiger partial charge in [-0.3, -0.25) is 20.4 Å². The van der Waals surface area contributed by atoms with Crippen molar-refractivity contribution >= 4 is 11.8 Å². The first kappa shape index (κ1) is 23.7. The van der Waals surface area contributed by atoms with E-state index in [-0.39, 0.29) is 25.4 Å². The Balaban J connectivity index is 1.20. The second kappa shape index (κ2) is 11.6. The molecule has 0 aliphatic carbocycles. The van der Waals surface area contributed by atoms with Gasteiger partial charge in [-0.05, 0) is 36.2 Å². The van der Waals surface area contributed by atoms with E-state index in [1.807, 2.05) is 85.8 Å². The van der Waals surface area contributed by atoms with Crippen molar-refractivity contribution in [3.63, 3.8) is 0 Å². The Labute approximate surface area is 203 Å². The monoisotopic (exact) mass is 470 g/mol. The van der Waals surface area contributed by atoms with Crippen molar-refractivity contribution in [3.8, 4) is 17.2 Å². The van der Waals surface area contributed by atoms with Crippen LogP contribution in [-0.2, 0) is 22.4 Å². The lowest BCUT2D eigenvalue weighted by Gasteiger charge is -2.12. The van der Waals surface area contributed by atoms with Crippen LogP contribution in [0.3, 0.4) is 0 Å². The number of hydrogen-bond donors (Lipinski definition) is 2. The fourth-order valence-corrected chi connectivity index (χ4v) is 3.38. The summed E-state index contributed by atoms with van der Waals surface area (Å²) in [5.74, 6) is 0.530. The number of benzene rings is 3. The first-order valence-electron chi connectivity index (χ1n) is 11.3. The molecule has 0 unspecified atom stereocenters. The normalized spacial score (nSPS) is 10.5. The molecule has 0 bridgehead atoms. The zero-order valence-electron chi connectivity index (χ0n) is 19.4. The van der Waals surface area contributed by atoms with Gasteiger partial charge in [-0.25, -0.2) is 0 Å². The van der Waals surface area contributed by atoms with Crippen LogP contribution >= 0.6 is 0 Å². The van der Waals surface area contributed by atoms with Crippen LogP contribution in [0.15, 0.2) is 83.3 Å². The molecule has 0 aliphatic heterocycles. The predicted octanol–water partition coefficient (Wildman–Crippen LogP) is 3.79. The number of ether oxygens (including phenoxy) is 1.